The minimum atomic E-state index is -3.57. The molecule has 1 rings (SSSR count). The summed E-state index contributed by atoms with van der Waals surface area (Å²) in [6, 6.07) is 8.13. The number of sulfonamides is 1. The minimum absolute atomic E-state index is 0.134. The van der Waals surface area contributed by atoms with Crippen LogP contribution in [0, 0.1) is 11.3 Å². The van der Waals surface area contributed by atoms with Crippen LogP contribution < -0.4 is 4.72 Å². The predicted octanol–water partition coefficient (Wildman–Crippen LogP) is 1.25. The van der Waals surface area contributed by atoms with Gasteiger partial charge >= 0.3 is 0 Å². The Hall–Kier alpha value is -0.900. The van der Waals surface area contributed by atoms with Crippen LogP contribution in [0.4, 0.5) is 0 Å². The van der Waals surface area contributed by atoms with E-state index in [0.29, 0.717) is 4.47 Å². The molecule has 0 fully saturated rings. The average molecular weight is 275 g/mol. The number of hydrogen-bond acceptors (Lipinski definition) is 3. The summed E-state index contributed by atoms with van der Waals surface area (Å²) in [4.78, 5) is 0.134. The second kappa shape index (κ2) is 4.55. The van der Waals surface area contributed by atoms with Crippen molar-refractivity contribution in [3.8, 4) is 6.07 Å². The van der Waals surface area contributed by atoms with E-state index < -0.39 is 10.0 Å². The van der Waals surface area contributed by atoms with Crippen LogP contribution in [0.5, 0.6) is 0 Å². The maximum Gasteiger partial charge on any atom is 0.242 e. The van der Waals surface area contributed by atoms with Crippen molar-refractivity contribution in [3.63, 3.8) is 0 Å². The maximum absolute atomic E-state index is 11.5. The molecule has 4 nitrogen and oxygen atoms in total. The van der Waals surface area contributed by atoms with Gasteiger partial charge in [-0.05, 0) is 28.1 Å². The lowest BCUT2D eigenvalue weighted by atomic mass is 10.4. The number of rotatable bonds is 3. The molecule has 6 heteroatoms. The molecule has 0 radical (unpaired) electrons. The molecule has 14 heavy (non-hydrogen) atoms. The normalized spacial score (nSPS) is 10.9. The second-order valence-corrected chi connectivity index (χ2v) is 5.00. The molecule has 0 aliphatic heterocycles. The van der Waals surface area contributed by atoms with Crippen LogP contribution >= 0.6 is 15.9 Å². The fourth-order valence-electron chi connectivity index (χ4n) is 0.868. The van der Waals surface area contributed by atoms with Crippen LogP contribution in [0.25, 0.3) is 0 Å². The third-order valence-corrected chi connectivity index (χ3v) is 3.88. The fraction of sp³-hybridized carbons (Fsp3) is 0.125. The van der Waals surface area contributed by atoms with Crippen molar-refractivity contribution in [1.29, 1.82) is 5.26 Å². The van der Waals surface area contributed by atoms with Gasteiger partial charge in [0.05, 0.1) is 17.5 Å². The molecular formula is C8H7BrN2O2S. The summed E-state index contributed by atoms with van der Waals surface area (Å²) in [5.41, 5.74) is 0. The first-order valence-corrected chi connectivity index (χ1v) is 5.96. The van der Waals surface area contributed by atoms with E-state index in [1.165, 1.54) is 6.07 Å². The van der Waals surface area contributed by atoms with Gasteiger partial charge in [-0.15, -0.1) is 0 Å². The highest BCUT2D eigenvalue weighted by molar-refractivity contribution is 9.10. The van der Waals surface area contributed by atoms with Crippen molar-refractivity contribution < 1.29 is 8.42 Å². The van der Waals surface area contributed by atoms with Crippen molar-refractivity contribution in [3.05, 3.63) is 28.7 Å². The molecule has 0 amide bonds. The first kappa shape index (κ1) is 11.2. The van der Waals surface area contributed by atoms with Crippen LogP contribution in [0.1, 0.15) is 0 Å². The van der Waals surface area contributed by atoms with Crippen molar-refractivity contribution >= 4 is 26.0 Å². The Morgan fingerprint density at radius 1 is 1.43 bits per heavy atom. The van der Waals surface area contributed by atoms with E-state index in [4.69, 9.17) is 5.26 Å². The summed E-state index contributed by atoms with van der Waals surface area (Å²) in [5.74, 6) is 0. The molecule has 0 heterocycles. The van der Waals surface area contributed by atoms with E-state index in [1.54, 1.807) is 24.3 Å². The number of hydrogen-bond donors (Lipinski definition) is 1. The van der Waals surface area contributed by atoms with Crippen LogP contribution in [0.15, 0.2) is 33.6 Å². The molecule has 0 bridgehead atoms. The van der Waals surface area contributed by atoms with Crippen molar-refractivity contribution in [2.45, 2.75) is 4.90 Å². The second-order valence-electron chi connectivity index (χ2n) is 2.41. The van der Waals surface area contributed by atoms with E-state index in [2.05, 4.69) is 20.7 Å². The summed E-state index contributed by atoms with van der Waals surface area (Å²) in [7, 11) is -3.57. The van der Waals surface area contributed by atoms with Gasteiger partial charge in [-0.2, -0.15) is 9.98 Å². The molecule has 0 unspecified atom stereocenters. The van der Waals surface area contributed by atoms with Gasteiger partial charge in [0.2, 0.25) is 10.0 Å². The van der Waals surface area contributed by atoms with Crippen LogP contribution in [0.3, 0.4) is 0 Å². The zero-order valence-electron chi connectivity index (χ0n) is 7.07. The third-order valence-electron chi connectivity index (χ3n) is 1.47. The minimum Gasteiger partial charge on any atom is -0.207 e. The summed E-state index contributed by atoms with van der Waals surface area (Å²) in [6.45, 7) is -0.232. The lowest BCUT2D eigenvalue weighted by Gasteiger charge is -2.04. The van der Waals surface area contributed by atoms with Crippen LogP contribution in [-0.4, -0.2) is 15.0 Å². The number of halogens is 1. The van der Waals surface area contributed by atoms with Gasteiger partial charge in [0, 0.05) is 4.47 Å². The zero-order chi connectivity index (χ0) is 10.6. The SMILES string of the molecule is N#CCNS(=O)(=O)c1ccccc1Br. The Bertz CT molecular complexity index is 464. The molecule has 0 aliphatic carbocycles. The molecule has 1 aromatic carbocycles. The van der Waals surface area contributed by atoms with E-state index >= 15 is 0 Å². The van der Waals surface area contributed by atoms with Gasteiger partial charge in [0.15, 0.2) is 0 Å². The van der Waals surface area contributed by atoms with Crippen molar-refractivity contribution in [2.24, 2.45) is 0 Å². The highest BCUT2D eigenvalue weighted by Crippen LogP contribution is 2.20. The summed E-state index contributed by atoms with van der Waals surface area (Å²) < 4.78 is 25.7. The number of nitriles is 1. The zero-order valence-corrected chi connectivity index (χ0v) is 9.47. The Morgan fingerprint density at radius 2 is 2.07 bits per heavy atom. The molecule has 1 N–H and O–H groups in total. The molecule has 0 aromatic heterocycles. The van der Waals surface area contributed by atoms with Gasteiger partial charge in [0.1, 0.15) is 0 Å². The van der Waals surface area contributed by atoms with E-state index in [-0.39, 0.29) is 11.4 Å². The van der Waals surface area contributed by atoms with Gasteiger partial charge in [-0.3, -0.25) is 0 Å². The molecule has 0 atom stereocenters. The summed E-state index contributed by atoms with van der Waals surface area (Å²) >= 11 is 3.12. The molecular weight excluding hydrogens is 268 g/mol. The van der Waals surface area contributed by atoms with Crippen LogP contribution in [-0.2, 0) is 10.0 Å². The number of nitrogens with zero attached hydrogens (tertiary/aromatic N) is 1. The lowest BCUT2D eigenvalue weighted by Crippen LogP contribution is -2.24. The Morgan fingerprint density at radius 3 is 2.64 bits per heavy atom. The van der Waals surface area contributed by atoms with Crippen molar-refractivity contribution in [2.75, 3.05) is 6.54 Å². The first-order chi connectivity index (χ1) is 6.58. The van der Waals surface area contributed by atoms with E-state index in [0.717, 1.165) is 0 Å². The Kier molecular flexibility index (Phi) is 3.63. The summed E-state index contributed by atoms with van der Waals surface area (Å²) in [5, 5.41) is 8.26. The monoisotopic (exact) mass is 274 g/mol. The largest absolute Gasteiger partial charge is 0.242 e. The molecule has 0 saturated carbocycles. The maximum atomic E-state index is 11.5. The fourth-order valence-corrected chi connectivity index (χ4v) is 2.78. The third kappa shape index (κ3) is 2.54. The predicted molar refractivity (Wildman–Crippen MR) is 54.9 cm³/mol. The topological polar surface area (TPSA) is 70.0 Å². The lowest BCUT2D eigenvalue weighted by molar-refractivity contribution is 0.585. The van der Waals surface area contributed by atoms with Gasteiger partial charge in [-0.25, -0.2) is 8.42 Å². The number of nitrogens with one attached hydrogen (secondary N) is 1. The standard InChI is InChI=1S/C8H7BrN2O2S/c9-7-3-1-2-4-8(7)14(12,13)11-6-5-10/h1-4,11H,6H2. The molecule has 0 aliphatic rings. The van der Waals surface area contributed by atoms with E-state index in [1.807, 2.05) is 0 Å². The smallest absolute Gasteiger partial charge is 0.207 e. The van der Waals surface area contributed by atoms with Crippen LogP contribution in [0.2, 0.25) is 0 Å². The van der Waals surface area contributed by atoms with Gasteiger partial charge < -0.3 is 0 Å². The highest BCUT2D eigenvalue weighted by Gasteiger charge is 2.15. The first-order valence-electron chi connectivity index (χ1n) is 3.69. The van der Waals surface area contributed by atoms with E-state index in [9.17, 15) is 8.42 Å². The molecule has 74 valence electrons. The quantitative estimate of drug-likeness (QED) is 0.844. The summed E-state index contributed by atoms with van der Waals surface area (Å²) in [6.07, 6.45) is 0. The molecule has 1 aromatic rings. The van der Waals surface area contributed by atoms with Crippen molar-refractivity contribution in [1.82, 2.24) is 4.72 Å². The van der Waals surface area contributed by atoms with Gasteiger partial charge in [0.25, 0.3) is 0 Å². The highest BCUT2D eigenvalue weighted by atomic mass is 79.9. The Balaban J connectivity index is 3.06. The Labute approximate surface area is 90.7 Å². The molecule has 0 spiro atoms. The average Bonchev–Trinajstić information content (AvgIpc) is 2.15. The van der Waals surface area contributed by atoms with Gasteiger partial charge in [-0.1, -0.05) is 12.1 Å². The molecule has 0 saturated heterocycles. The number of benzene rings is 1.